The summed E-state index contributed by atoms with van der Waals surface area (Å²) >= 11 is 0. The summed E-state index contributed by atoms with van der Waals surface area (Å²) in [4.78, 5) is 0. The molecule has 2 rings (SSSR count). The zero-order valence-corrected chi connectivity index (χ0v) is 12.7. The van der Waals surface area contributed by atoms with Crippen LogP contribution in [-0.4, -0.2) is 17.3 Å². The van der Waals surface area contributed by atoms with Gasteiger partial charge in [-0.05, 0) is 48.2 Å². The van der Waals surface area contributed by atoms with E-state index >= 15 is 0 Å². The average molecular weight is 296 g/mol. The fourth-order valence-corrected chi connectivity index (χ4v) is 2.39. The van der Waals surface area contributed by atoms with Gasteiger partial charge >= 0.3 is 0 Å². The van der Waals surface area contributed by atoms with Gasteiger partial charge in [-0.3, -0.25) is 0 Å². The molecule has 22 heavy (non-hydrogen) atoms. The minimum atomic E-state index is 0.205. The van der Waals surface area contributed by atoms with Crippen LogP contribution in [0.25, 0.3) is 11.1 Å². The van der Waals surface area contributed by atoms with Crippen molar-refractivity contribution in [3.8, 4) is 28.4 Å². The van der Waals surface area contributed by atoms with Gasteiger partial charge < -0.3 is 14.9 Å². The summed E-state index contributed by atoms with van der Waals surface area (Å²) in [5.41, 5.74) is 3.00. The first kappa shape index (κ1) is 15.7. The molecule has 0 bridgehead atoms. The summed E-state index contributed by atoms with van der Waals surface area (Å²) in [5, 5.41) is 20.4. The maximum atomic E-state index is 10.5. The highest BCUT2D eigenvalue weighted by molar-refractivity contribution is 5.75. The van der Waals surface area contributed by atoms with Crippen LogP contribution in [0.5, 0.6) is 17.2 Å². The van der Waals surface area contributed by atoms with E-state index in [0.717, 1.165) is 16.7 Å². The standard InChI is InChI=1S/C19H20O3/c1-4-6-14-10-13(8-9-18(14)20)17-12-16(22-3)11-15(7-5-2)19(17)21/h4-5,8-12,20-21H,1-2,6-7H2,3H3. The molecular formula is C19H20O3. The number of methoxy groups -OCH3 is 1. The van der Waals surface area contributed by atoms with Crippen molar-refractivity contribution in [1.82, 2.24) is 0 Å². The normalized spacial score (nSPS) is 10.2. The topological polar surface area (TPSA) is 49.7 Å². The van der Waals surface area contributed by atoms with Gasteiger partial charge in [-0.15, -0.1) is 13.2 Å². The molecule has 114 valence electrons. The van der Waals surface area contributed by atoms with Crippen molar-refractivity contribution < 1.29 is 14.9 Å². The van der Waals surface area contributed by atoms with Crippen LogP contribution in [0.2, 0.25) is 0 Å². The fraction of sp³-hybridized carbons (Fsp3) is 0.158. The van der Waals surface area contributed by atoms with Crippen LogP contribution in [0.15, 0.2) is 55.6 Å². The number of hydrogen-bond donors (Lipinski definition) is 2. The predicted molar refractivity (Wildman–Crippen MR) is 89.6 cm³/mol. The Kier molecular flexibility index (Phi) is 4.89. The Morgan fingerprint density at radius 2 is 1.68 bits per heavy atom. The lowest BCUT2D eigenvalue weighted by Crippen LogP contribution is -1.92. The molecule has 2 aromatic carbocycles. The number of aromatic hydroxyl groups is 2. The first-order valence-electron chi connectivity index (χ1n) is 7.04. The SMILES string of the molecule is C=CCc1cc(-c2cc(OC)cc(CC=C)c2O)ccc1O. The second-order valence-corrected chi connectivity index (χ2v) is 5.01. The number of benzene rings is 2. The minimum Gasteiger partial charge on any atom is -0.508 e. The van der Waals surface area contributed by atoms with E-state index in [0.29, 0.717) is 24.2 Å². The van der Waals surface area contributed by atoms with Gasteiger partial charge in [0.2, 0.25) is 0 Å². The summed E-state index contributed by atoms with van der Waals surface area (Å²) in [6, 6.07) is 8.83. The Hall–Kier alpha value is -2.68. The number of phenolic OH excluding ortho intramolecular Hbond substituents is 2. The van der Waals surface area contributed by atoms with Gasteiger partial charge in [0.05, 0.1) is 7.11 Å². The Morgan fingerprint density at radius 3 is 2.32 bits per heavy atom. The van der Waals surface area contributed by atoms with Gasteiger partial charge in [-0.2, -0.15) is 0 Å². The van der Waals surface area contributed by atoms with Crippen LogP contribution in [0.4, 0.5) is 0 Å². The lowest BCUT2D eigenvalue weighted by molar-refractivity contribution is 0.411. The molecule has 0 aromatic heterocycles. The zero-order valence-electron chi connectivity index (χ0n) is 12.7. The van der Waals surface area contributed by atoms with Crippen molar-refractivity contribution in [2.45, 2.75) is 12.8 Å². The third kappa shape index (κ3) is 3.14. The van der Waals surface area contributed by atoms with Gasteiger partial charge in [0, 0.05) is 11.1 Å². The van der Waals surface area contributed by atoms with Crippen LogP contribution in [0, 0.1) is 0 Å². The van der Waals surface area contributed by atoms with Crippen LogP contribution < -0.4 is 4.74 Å². The van der Waals surface area contributed by atoms with E-state index in [-0.39, 0.29) is 11.5 Å². The number of phenols is 2. The predicted octanol–water partition coefficient (Wildman–Crippen LogP) is 4.23. The third-order valence-electron chi connectivity index (χ3n) is 3.52. The molecule has 0 heterocycles. The fourth-order valence-electron chi connectivity index (χ4n) is 2.39. The molecule has 0 unspecified atom stereocenters. The smallest absolute Gasteiger partial charge is 0.127 e. The molecular weight excluding hydrogens is 276 g/mol. The van der Waals surface area contributed by atoms with Crippen molar-refractivity contribution >= 4 is 0 Å². The summed E-state index contributed by atoms with van der Waals surface area (Å²) < 4.78 is 5.31. The summed E-state index contributed by atoms with van der Waals surface area (Å²) in [5.74, 6) is 1.09. The van der Waals surface area contributed by atoms with E-state index in [2.05, 4.69) is 13.2 Å². The lowest BCUT2D eigenvalue weighted by atomic mass is 9.97. The summed E-state index contributed by atoms with van der Waals surface area (Å²) in [7, 11) is 1.59. The van der Waals surface area contributed by atoms with E-state index in [1.54, 1.807) is 43.5 Å². The summed E-state index contributed by atoms with van der Waals surface area (Å²) in [6.07, 6.45) is 4.57. The van der Waals surface area contributed by atoms with Crippen molar-refractivity contribution in [3.63, 3.8) is 0 Å². The second-order valence-electron chi connectivity index (χ2n) is 5.01. The van der Waals surface area contributed by atoms with E-state index in [1.165, 1.54) is 0 Å². The van der Waals surface area contributed by atoms with E-state index in [1.807, 2.05) is 6.07 Å². The van der Waals surface area contributed by atoms with Gasteiger partial charge in [0.25, 0.3) is 0 Å². The maximum Gasteiger partial charge on any atom is 0.127 e. The molecule has 0 amide bonds. The maximum absolute atomic E-state index is 10.5. The molecule has 0 atom stereocenters. The molecule has 0 aliphatic carbocycles. The molecule has 2 N–H and O–H groups in total. The quantitative estimate of drug-likeness (QED) is 0.784. The van der Waals surface area contributed by atoms with Gasteiger partial charge in [0.15, 0.2) is 0 Å². The van der Waals surface area contributed by atoms with Crippen molar-refractivity contribution in [1.29, 1.82) is 0 Å². The Morgan fingerprint density at radius 1 is 1.00 bits per heavy atom. The Labute approximate surface area is 130 Å². The molecule has 0 spiro atoms. The first-order chi connectivity index (χ1) is 10.6. The third-order valence-corrected chi connectivity index (χ3v) is 3.52. The number of allylic oxidation sites excluding steroid dienone is 2. The molecule has 0 saturated heterocycles. The van der Waals surface area contributed by atoms with Crippen molar-refractivity contribution in [3.05, 3.63) is 66.8 Å². The number of hydrogen-bond acceptors (Lipinski definition) is 3. The van der Waals surface area contributed by atoms with E-state index in [4.69, 9.17) is 4.74 Å². The Balaban J connectivity index is 2.60. The van der Waals surface area contributed by atoms with Gasteiger partial charge in [-0.1, -0.05) is 18.2 Å². The first-order valence-corrected chi connectivity index (χ1v) is 7.04. The number of ether oxygens (including phenoxy) is 1. The van der Waals surface area contributed by atoms with E-state index < -0.39 is 0 Å². The van der Waals surface area contributed by atoms with Crippen LogP contribution >= 0.6 is 0 Å². The molecule has 0 saturated carbocycles. The monoisotopic (exact) mass is 296 g/mol. The molecule has 3 heteroatoms. The highest BCUT2D eigenvalue weighted by atomic mass is 16.5. The molecule has 0 fully saturated rings. The Bertz CT molecular complexity index is 702. The molecule has 0 aliphatic heterocycles. The molecule has 3 nitrogen and oxygen atoms in total. The van der Waals surface area contributed by atoms with Gasteiger partial charge in [-0.25, -0.2) is 0 Å². The van der Waals surface area contributed by atoms with Crippen molar-refractivity contribution in [2.75, 3.05) is 7.11 Å². The van der Waals surface area contributed by atoms with E-state index in [9.17, 15) is 10.2 Å². The zero-order chi connectivity index (χ0) is 16.1. The molecule has 0 aliphatic rings. The van der Waals surface area contributed by atoms with Crippen molar-refractivity contribution in [2.24, 2.45) is 0 Å². The highest BCUT2D eigenvalue weighted by Crippen LogP contribution is 2.38. The average Bonchev–Trinajstić information content (AvgIpc) is 2.52. The van der Waals surface area contributed by atoms with Crippen LogP contribution in [0.1, 0.15) is 11.1 Å². The molecule has 2 aromatic rings. The van der Waals surface area contributed by atoms with Gasteiger partial charge in [0.1, 0.15) is 17.2 Å². The highest BCUT2D eigenvalue weighted by Gasteiger charge is 2.13. The largest absolute Gasteiger partial charge is 0.508 e. The minimum absolute atomic E-state index is 0.205. The van der Waals surface area contributed by atoms with Crippen LogP contribution in [-0.2, 0) is 12.8 Å². The van der Waals surface area contributed by atoms with Crippen LogP contribution in [0.3, 0.4) is 0 Å². The number of rotatable bonds is 6. The second kappa shape index (κ2) is 6.85. The summed E-state index contributed by atoms with van der Waals surface area (Å²) in [6.45, 7) is 7.40. The lowest BCUT2D eigenvalue weighted by Gasteiger charge is -2.13. The molecule has 0 radical (unpaired) electrons.